The highest BCUT2D eigenvalue weighted by Gasteiger charge is 2.26. The Hall–Kier alpha value is -2.33. The molecule has 4 heteroatoms. The number of carbonyl (C=O) groups excluding carboxylic acids is 1. The number of para-hydroxylation sites is 1. The van der Waals surface area contributed by atoms with Crippen LogP contribution in [0.25, 0.3) is 0 Å². The Kier molecular flexibility index (Phi) is 9.04. The SMILES string of the molecule is CCc1cccc(N(CCN2CCC(c3ccccc3OC)CC2)C(=O)CC2CCCCC2)c1. The van der Waals surface area contributed by atoms with Crippen molar-refractivity contribution in [1.29, 1.82) is 0 Å². The molecule has 1 saturated carbocycles. The van der Waals surface area contributed by atoms with Gasteiger partial charge in [-0.25, -0.2) is 0 Å². The van der Waals surface area contributed by atoms with Crippen LogP contribution in [0.4, 0.5) is 5.69 Å². The number of piperidine rings is 1. The molecule has 2 aromatic rings. The summed E-state index contributed by atoms with van der Waals surface area (Å²) in [5.74, 6) is 2.44. The molecule has 0 aromatic heterocycles. The Morgan fingerprint density at radius 1 is 1.00 bits per heavy atom. The fraction of sp³-hybridized carbons (Fsp3) is 0.567. The van der Waals surface area contributed by atoms with Gasteiger partial charge in [-0.2, -0.15) is 0 Å². The highest BCUT2D eigenvalue weighted by Crippen LogP contribution is 2.34. The summed E-state index contributed by atoms with van der Waals surface area (Å²) in [4.78, 5) is 18.1. The molecular formula is C30H42N2O2. The molecule has 0 radical (unpaired) electrons. The van der Waals surface area contributed by atoms with Crippen LogP contribution in [0.1, 0.15) is 75.3 Å². The Morgan fingerprint density at radius 2 is 1.76 bits per heavy atom. The van der Waals surface area contributed by atoms with Gasteiger partial charge < -0.3 is 14.5 Å². The second-order valence-corrected chi connectivity index (χ2v) is 10.1. The second kappa shape index (κ2) is 12.4. The number of benzene rings is 2. The molecule has 34 heavy (non-hydrogen) atoms. The maximum absolute atomic E-state index is 13.5. The van der Waals surface area contributed by atoms with E-state index < -0.39 is 0 Å². The average molecular weight is 463 g/mol. The highest BCUT2D eigenvalue weighted by atomic mass is 16.5. The first-order valence-electron chi connectivity index (χ1n) is 13.4. The molecule has 1 aliphatic carbocycles. The lowest BCUT2D eigenvalue weighted by molar-refractivity contribution is -0.119. The summed E-state index contributed by atoms with van der Waals surface area (Å²) in [6, 6.07) is 17.0. The third kappa shape index (κ3) is 6.41. The largest absolute Gasteiger partial charge is 0.496 e. The average Bonchev–Trinajstić information content (AvgIpc) is 2.90. The number of hydrogen-bond acceptors (Lipinski definition) is 3. The lowest BCUT2D eigenvalue weighted by Crippen LogP contribution is -2.42. The topological polar surface area (TPSA) is 32.8 Å². The second-order valence-electron chi connectivity index (χ2n) is 10.1. The van der Waals surface area contributed by atoms with Gasteiger partial charge in [0.05, 0.1) is 7.11 Å². The van der Waals surface area contributed by atoms with Crippen molar-refractivity contribution in [2.75, 3.05) is 38.2 Å². The number of rotatable bonds is 9. The Labute approximate surface area is 206 Å². The van der Waals surface area contributed by atoms with E-state index in [4.69, 9.17) is 4.74 Å². The fourth-order valence-electron chi connectivity index (χ4n) is 5.80. The molecular weight excluding hydrogens is 420 g/mol. The smallest absolute Gasteiger partial charge is 0.227 e. The monoisotopic (exact) mass is 462 g/mol. The van der Waals surface area contributed by atoms with Crippen molar-refractivity contribution in [3.8, 4) is 5.75 Å². The lowest BCUT2D eigenvalue weighted by Gasteiger charge is -2.34. The first kappa shape index (κ1) is 24.8. The summed E-state index contributed by atoms with van der Waals surface area (Å²) >= 11 is 0. The van der Waals surface area contributed by atoms with Crippen LogP contribution >= 0.6 is 0 Å². The van der Waals surface area contributed by atoms with E-state index in [2.05, 4.69) is 59.2 Å². The summed E-state index contributed by atoms with van der Waals surface area (Å²) in [5.41, 5.74) is 3.71. The molecule has 0 N–H and O–H groups in total. The van der Waals surface area contributed by atoms with Crippen LogP contribution in [0.5, 0.6) is 5.75 Å². The zero-order valence-corrected chi connectivity index (χ0v) is 21.2. The van der Waals surface area contributed by atoms with Gasteiger partial charge in [-0.05, 0) is 86.4 Å². The summed E-state index contributed by atoms with van der Waals surface area (Å²) in [6.07, 6.45) is 10.3. The van der Waals surface area contributed by atoms with Gasteiger partial charge in [-0.1, -0.05) is 56.5 Å². The van der Waals surface area contributed by atoms with Crippen LogP contribution in [0, 0.1) is 5.92 Å². The van der Waals surface area contributed by atoms with Crippen molar-refractivity contribution >= 4 is 11.6 Å². The van der Waals surface area contributed by atoms with Gasteiger partial charge >= 0.3 is 0 Å². The molecule has 1 aliphatic heterocycles. The van der Waals surface area contributed by atoms with Crippen molar-refractivity contribution in [2.45, 2.75) is 70.6 Å². The molecule has 4 nitrogen and oxygen atoms in total. The first-order chi connectivity index (χ1) is 16.7. The molecule has 2 aliphatic rings. The standard InChI is InChI=1S/C30H42N2O2/c1-3-24-12-9-13-27(22-24)32(30(33)23-25-10-5-4-6-11-25)21-20-31-18-16-26(17-19-31)28-14-7-8-15-29(28)34-2/h7-9,12-15,22,25-26H,3-6,10-11,16-21,23H2,1-2H3. The third-order valence-corrected chi connectivity index (χ3v) is 7.93. The van der Waals surface area contributed by atoms with E-state index >= 15 is 0 Å². The summed E-state index contributed by atoms with van der Waals surface area (Å²) in [6.45, 7) is 6.04. The molecule has 0 bridgehead atoms. The van der Waals surface area contributed by atoms with Gasteiger partial charge in [-0.15, -0.1) is 0 Å². The van der Waals surface area contributed by atoms with Crippen molar-refractivity contribution in [1.82, 2.24) is 4.90 Å². The number of likely N-dealkylation sites (tertiary alicyclic amines) is 1. The first-order valence-corrected chi connectivity index (χ1v) is 13.4. The minimum Gasteiger partial charge on any atom is -0.496 e. The molecule has 1 saturated heterocycles. The third-order valence-electron chi connectivity index (χ3n) is 7.93. The number of methoxy groups -OCH3 is 1. The number of carbonyl (C=O) groups is 1. The molecule has 0 unspecified atom stereocenters. The summed E-state index contributed by atoms with van der Waals surface area (Å²) in [5, 5.41) is 0. The van der Waals surface area contributed by atoms with Gasteiger partial charge in [-0.3, -0.25) is 4.79 Å². The zero-order valence-electron chi connectivity index (χ0n) is 21.2. The van der Waals surface area contributed by atoms with E-state index in [0.29, 0.717) is 24.2 Å². The lowest BCUT2D eigenvalue weighted by atomic mass is 9.86. The Balaban J connectivity index is 1.38. The van der Waals surface area contributed by atoms with E-state index in [-0.39, 0.29) is 0 Å². The minimum atomic E-state index is 0.309. The van der Waals surface area contributed by atoms with E-state index in [9.17, 15) is 4.79 Å². The molecule has 4 rings (SSSR count). The van der Waals surface area contributed by atoms with Crippen LogP contribution in [0.15, 0.2) is 48.5 Å². The molecule has 184 valence electrons. The van der Waals surface area contributed by atoms with Crippen molar-refractivity contribution in [3.63, 3.8) is 0 Å². The molecule has 0 atom stereocenters. The zero-order chi connectivity index (χ0) is 23.8. The molecule has 2 aromatic carbocycles. The summed E-state index contributed by atoms with van der Waals surface area (Å²) < 4.78 is 5.60. The van der Waals surface area contributed by atoms with E-state index in [0.717, 1.165) is 56.9 Å². The van der Waals surface area contributed by atoms with Crippen molar-refractivity contribution in [2.24, 2.45) is 5.92 Å². The Bertz CT molecular complexity index is 914. The van der Waals surface area contributed by atoms with E-state index in [1.165, 1.54) is 43.2 Å². The molecule has 0 spiro atoms. The predicted octanol–water partition coefficient (Wildman–Crippen LogP) is 6.44. The van der Waals surface area contributed by atoms with Crippen LogP contribution in [0.3, 0.4) is 0 Å². The van der Waals surface area contributed by atoms with Gasteiger partial charge in [0.2, 0.25) is 5.91 Å². The fourth-order valence-corrected chi connectivity index (χ4v) is 5.80. The predicted molar refractivity (Wildman–Crippen MR) is 141 cm³/mol. The molecule has 2 fully saturated rings. The van der Waals surface area contributed by atoms with Gasteiger partial charge in [0, 0.05) is 25.2 Å². The number of aryl methyl sites for hydroxylation is 1. The maximum atomic E-state index is 13.5. The summed E-state index contributed by atoms with van der Waals surface area (Å²) in [7, 11) is 1.76. The van der Waals surface area contributed by atoms with Gasteiger partial charge in [0.1, 0.15) is 5.75 Å². The number of anilines is 1. The van der Waals surface area contributed by atoms with Crippen molar-refractivity contribution < 1.29 is 9.53 Å². The van der Waals surface area contributed by atoms with Crippen molar-refractivity contribution in [3.05, 3.63) is 59.7 Å². The van der Waals surface area contributed by atoms with Crippen LogP contribution in [-0.4, -0.2) is 44.1 Å². The molecule has 1 amide bonds. The Morgan fingerprint density at radius 3 is 2.50 bits per heavy atom. The van der Waals surface area contributed by atoms with E-state index in [1.807, 2.05) is 6.07 Å². The normalized spacial score (nSPS) is 18.1. The maximum Gasteiger partial charge on any atom is 0.227 e. The number of ether oxygens (including phenoxy) is 1. The minimum absolute atomic E-state index is 0.309. The van der Waals surface area contributed by atoms with Gasteiger partial charge in [0.15, 0.2) is 0 Å². The van der Waals surface area contributed by atoms with Gasteiger partial charge in [0.25, 0.3) is 0 Å². The number of amides is 1. The van der Waals surface area contributed by atoms with Crippen LogP contribution in [0.2, 0.25) is 0 Å². The number of hydrogen-bond donors (Lipinski definition) is 0. The van der Waals surface area contributed by atoms with Crippen LogP contribution < -0.4 is 9.64 Å². The quantitative estimate of drug-likeness (QED) is 0.430. The molecule has 1 heterocycles. The van der Waals surface area contributed by atoms with E-state index in [1.54, 1.807) is 7.11 Å². The highest BCUT2D eigenvalue weighted by molar-refractivity contribution is 5.93. The number of nitrogens with zero attached hydrogens (tertiary/aromatic N) is 2. The van der Waals surface area contributed by atoms with Crippen LogP contribution in [-0.2, 0) is 11.2 Å².